The lowest BCUT2D eigenvalue weighted by molar-refractivity contribution is -0.124. The molecular weight excluding hydrogens is 330 g/mol. The third-order valence-corrected chi connectivity index (χ3v) is 4.78. The Balaban J connectivity index is 1.37. The van der Waals surface area contributed by atoms with Crippen molar-refractivity contribution in [2.75, 3.05) is 11.9 Å². The van der Waals surface area contributed by atoms with Gasteiger partial charge in [-0.15, -0.1) is 0 Å². The molecule has 0 bridgehead atoms. The minimum atomic E-state index is -0.232. The van der Waals surface area contributed by atoms with E-state index >= 15 is 0 Å². The van der Waals surface area contributed by atoms with Crippen molar-refractivity contribution in [3.63, 3.8) is 0 Å². The van der Waals surface area contributed by atoms with Crippen LogP contribution in [-0.2, 0) is 9.59 Å². The highest BCUT2D eigenvalue weighted by Gasteiger charge is 2.15. The SMILES string of the molecule is O=C(CCC1CCCCC1)NCC(=O)Nc1ccc(-n2cncn2)cc1. The predicted octanol–water partition coefficient (Wildman–Crippen LogP) is 2.68. The second-order valence-corrected chi connectivity index (χ2v) is 6.75. The number of benzene rings is 1. The van der Waals surface area contributed by atoms with Crippen LogP contribution in [-0.4, -0.2) is 33.1 Å². The molecule has 0 atom stereocenters. The summed E-state index contributed by atoms with van der Waals surface area (Å²) in [6, 6.07) is 7.26. The zero-order chi connectivity index (χ0) is 18.2. The Morgan fingerprint density at radius 2 is 1.85 bits per heavy atom. The fraction of sp³-hybridized carbons (Fsp3) is 0.474. The van der Waals surface area contributed by atoms with Crippen LogP contribution in [0.25, 0.3) is 5.69 Å². The maximum Gasteiger partial charge on any atom is 0.243 e. The van der Waals surface area contributed by atoms with Gasteiger partial charge in [-0.25, -0.2) is 9.67 Å². The summed E-state index contributed by atoms with van der Waals surface area (Å²) in [5.74, 6) is 0.392. The molecule has 0 unspecified atom stereocenters. The summed E-state index contributed by atoms with van der Waals surface area (Å²) in [4.78, 5) is 27.8. The van der Waals surface area contributed by atoms with Gasteiger partial charge in [-0.2, -0.15) is 5.10 Å². The normalized spacial score (nSPS) is 14.8. The van der Waals surface area contributed by atoms with E-state index in [4.69, 9.17) is 0 Å². The minimum absolute atomic E-state index is 0.00563. The summed E-state index contributed by atoms with van der Waals surface area (Å²) >= 11 is 0. The van der Waals surface area contributed by atoms with Crippen LogP contribution in [0, 0.1) is 5.92 Å². The summed E-state index contributed by atoms with van der Waals surface area (Å²) in [5.41, 5.74) is 1.53. The molecule has 1 aromatic heterocycles. The van der Waals surface area contributed by atoms with Crippen LogP contribution in [0.4, 0.5) is 5.69 Å². The van der Waals surface area contributed by atoms with Crippen LogP contribution >= 0.6 is 0 Å². The van der Waals surface area contributed by atoms with Crippen LogP contribution in [0.5, 0.6) is 0 Å². The quantitative estimate of drug-likeness (QED) is 0.799. The molecule has 2 N–H and O–H groups in total. The molecule has 3 rings (SSSR count). The monoisotopic (exact) mass is 355 g/mol. The van der Waals surface area contributed by atoms with Gasteiger partial charge in [-0.3, -0.25) is 9.59 Å². The molecule has 1 aromatic carbocycles. The van der Waals surface area contributed by atoms with Gasteiger partial charge in [-0.1, -0.05) is 32.1 Å². The van der Waals surface area contributed by atoms with Crippen molar-refractivity contribution >= 4 is 17.5 Å². The van der Waals surface area contributed by atoms with E-state index in [1.54, 1.807) is 23.1 Å². The third-order valence-electron chi connectivity index (χ3n) is 4.78. The number of anilines is 1. The molecule has 26 heavy (non-hydrogen) atoms. The number of hydrogen-bond donors (Lipinski definition) is 2. The lowest BCUT2D eigenvalue weighted by atomic mass is 9.86. The van der Waals surface area contributed by atoms with Crippen molar-refractivity contribution in [3.05, 3.63) is 36.9 Å². The Morgan fingerprint density at radius 1 is 1.08 bits per heavy atom. The Hall–Kier alpha value is -2.70. The van der Waals surface area contributed by atoms with Crippen molar-refractivity contribution in [1.82, 2.24) is 20.1 Å². The van der Waals surface area contributed by atoms with Gasteiger partial charge < -0.3 is 10.6 Å². The van der Waals surface area contributed by atoms with Gasteiger partial charge in [0.05, 0.1) is 12.2 Å². The zero-order valence-electron chi connectivity index (χ0n) is 14.9. The topological polar surface area (TPSA) is 88.9 Å². The Labute approximate surface area is 153 Å². The first-order valence-corrected chi connectivity index (χ1v) is 9.22. The molecule has 138 valence electrons. The number of carbonyl (C=O) groups excluding carboxylic acids is 2. The van der Waals surface area contributed by atoms with E-state index in [-0.39, 0.29) is 18.4 Å². The van der Waals surface area contributed by atoms with Gasteiger partial charge >= 0.3 is 0 Å². The van der Waals surface area contributed by atoms with E-state index in [1.807, 2.05) is 12.1 Å². The largest absolute Gasteiger partial charge is 0.347 e. The molecule has 1 aliphatic carbocycles. The van der Waals surface area contributed by atoms with Crippen molar-refractivity contribution in [2.45, 2.75) is 44.9 Å². The molecule has 0 radical (unpaired) electrons. The third kappa shape index (κ3) is 5.40. The standard InChI is InChI=1S/C19H25N5O2/c25-18(11-6-15-4-2-1-3-5-15)21-12-19(26)23-16-7-9-17(10-8-16)24-14-20-13-22-24/h7-10,13-15H,1-6,11-12H2,(H,21,25)(H,23,26). The summed E-state index contributed by atoms with van der Waals surface area (Å²) in [7, 11) is 0. The van der Waals surface area contributed by atoms with Gasteiger partial charge in [0, 0.05) is 12.1 Å². The molecule has 7 heteroatoms. The highest BCUT2D eigenvalue weighted by atomic mass is 16.2. The van der Waals surface area contributed by atoms with Crippen LogP contribution in [0.3, 0.4) is 0 Å². The van der Waals surface area contributed by atoms with Crippen LogP contribution < -0.4 is 10.6 Å². The average Bonchev–Trinajstić information content (AvgIpc) is 3.21. The van der Waals surface area contributed by atoms with Gasteiger partial charge in [0.25, 0.3) is 0 Å². The van der Waals surface area contributed by atoms with E-state index in [0.717, 1.165) is 12.1 Å². The second-order valence-electron chi connectivity index (χ2n) is 6.75. The van der Waals surface area contributed by atoms with Crippen molar-refractivity contribution < 1.29 is 9.59 Å². The first kappa shape index (κ1) is 18.1. The number of amides is 2. The first-order chi connectivity index (χ1) is 12.7. The predicted molar refractivity (Wildman–Crippen MR) is 98.8 cm³/mol. The molecule has 0 spiro atoms. The van der Waals surface area contributed by atoms with E-state index < -0.39 is 0 Å². The fourth-order valence-corrected chi connectivity index (χ4v) is 3.32. The second kappa shape index (κ2) is 9.12. The molecule has 1 fully saturated rings. The minimum Gasteiger partial charge on any atom is -0.347 e. The van der Waals surface area contributed by atoms with Gasteiger partial charge in [0.2, 0.25) is 11.8 Å². The van der Waals surface area contributed by atoms with Crippen molar-refractivity contribution in [3.8, 4) is 5.69 Å². The number of aromatic nitrogens is 3. The molecule has 1 aliphatic rings. The number of rotatable bonds is 7. The van der Waals surface area contributed by atoms with Crippen molar-refractivity contribution in [2.24, 2.45) is 5.92 Å². The Bertz CT molecular complexity index is 706. The van der Waals surface area contributed by atoms with Gasteiger partial charge in [0.15, 0.2) is 0 Å². The summed E-state index contributed by atoms with van der Waals surface area (Å²) in [5, 5.41) is 9.53. The summed E-state index contributed by atoms with van der Waals surface area (Å²) in [6.45, 7) is -0.00563. The summed E-state index contributed by atoms with van der Waals surface area (Å²) in [6.07, 6.45) is 10.9. The molecule has 1 saturated carbocycles. The van der Waals surface area contributed by atoms with E-state index in [0.29, 0.717) is 18.0 Å². The molecular formula is C19H25N5O2. The average molecular weight is 355 g/mol. The lowest BCUT2D eigenvalue weighted by Gasteiger charge is -2.20. The van der Waals surface area contributed by atoms with Gasteiger partial charge in [-0.05, 0) is 36.6 Å². The van der Waals surface area contributed by atoms with Crippen LogP contribution in [0.15, 0.2) is 36.9 Å². The van der Waals surface area contributed by atoms with E-state index in [1.165, 1.54) is 38.4 Å². The maximum atomic E-state index is 12.0. The molecule has 0 aliphatic heterocycles. The number of nitrogens with one attached hydrogen (secondary N) is 2. The van der Waals surface area contributed by atoms with E-state index in [9.17, 15) is 9.59 Å². The van der Waals surface area contributed by atoms with Crippen LogP contribution in [0.2, 0.25) is 0 Å². The molecule has 1 heterocycles. The Morgan fingerprint density at radius 3 is 2.54 bits per heavy atom. The fourth-order valence-electron chi connectivity index (χ4n) is 3.32. The number of carbonyl (C=O) groups is 2. The van der Waals surface area contributed by atoms with Crippen molar-refractivity contribution in [1.29, 1.82) is 0 Å². The highest BCUT2D eigenvalue weighted by molar-refractivity contribution is 5.94. The highest BCUT2D eigenvalue weighted by Crippen LogP contribution is 2.27. The van der Waals surface area contributed by atoms with E-state index in [2.05, 4.69) is 20.7 Å². The first-order valence-electron chi connectivity index (χ1n) is 9.22. The lowest BCUT2D eigenvalue weighted by Crippen LogP contribution is -2.33. The Kier molecular flexibility index (Phi) is 6.35. The maximum absolute atomic E-state index is 12.0. The number of hydrogen-bond acceptors (Lipinski definition) is 4. The van der Waals surface area contributed by atoms with Crippen LogP contribution in [0.1, 0.15) is 44.9 Å². The number of nitrogens with zero attached hydrogens (tertiary/aromatic N) is 3. The molecule has 2 aromatic rings. The zero-order valence-corrected chi connectivity index (χ0v) is 14.9. The molecule has 7 nitrogen and oxygen atoms in total. The van der Waals surface area contributed by atoms with Gasteiger partial charge in [0.1, 0.15) is 12.7 Å². The summed E-state index contributed by atoms with van der Waals surface area (Å²) < 4.78 is 1.64. The molecule has 2 amide bonds. The smallest absolute Gasteiger partial charge is 0.243 e. The molecule has 0 saturated heterocycles.